The van der Waals surface area contributed by atoms with E-state index in [1.807, 2.05) is 6.20 Å². The monoisotopic (exact) mass is 260 g/mol. The molecule has 4 rings (SSSR count). The third-order valence-electron chi connectivity index (χ3n) is 3.94. The van der Waals surface area contributed by atoms with Gasteiger partial charge in [0.05, 0.1) is 12.4 Å². The fourth-order valence-electron chi connectivity index (χ4n) is 2.80. The van der Waals surface area contributed by atoms with Crippen LogP contribution in [0.4, 0.5) is 5.82 Å². The molecule has 0 spiro atoms. The number of anilines is 1. The van der Waals surface area contributed by atoms with Crippen molar-refractivity contribution in [3.8, 4) is 0 Å². The quantitative estimate of drug-likeness (QED) is 0.713. The van der Waals surface area contributed by atoms with E-state index in [0.29, 0.717) is 11.7 Å². The molecule has 0 bridgehead atoms. The van der Waals surface area contributed by atoms with E-state index in [1.54, 1.807) is 10.7 Å². The van der Waals surface area contributed by atoms with Crippen molar-refractivity contribution in [2.75, 3.05) is 44.2 Å². The van der Waals surface area contributed by atoms with Crippen LogP contribution in [0.3, 0.4) is 0 Å². The smallest absolute Gasteiger partial charge is 0.199 e. The van der Waals surface area contributed by atoms with Gasteiger partial charge in [-0.3, -0.25) is 9.88 Å². The Labute approximate surface area is 110 Å². The number of nitrogens with zero attached hydrogens (tertiary/aromatic N) is 7. The molecule has 0 aliphatic carbocycles. The molecule has 2 aromatic heterocycles. The lowest BCUT2D eigenvalue weighted by Crippen LogP contribution is -2.63. The van der Waals surface area contributed by atoms with Crippen molar-refractivity contribution in [3.63, 3.8) is 0 Å². The highest BCUT2D eigenvalue weighted by molar-refractivity contribution is 5.48. The lowest BCUT2D eigenvalue weighted by Gasteiger charge is -2.47. The summed E-state index contributed by atoms with van der Waals surface area (Å²) in [5.41, 5.74) is 0.697. The van der Waals surface area contributed by atoms with Gasteiger partial charge in [0.1, 0.15) is 0 Å². The van der Waals surface area contributed by atoms with Crippen LogP contribution in [0.2, 0.25) is 0 Å². The molecular weight excluding hydrogens is 244 g/mol. The van der Waals surface area contributed by atoms with E-state index in [-0.39, 0.29) is 0 Å². The number of aromatic nitrogens is 5. The van der Waals surface area contributed by atoms with Gasteiger partial charge in [-0.15, -0.1) is 5.10 Å². The maximum Gasteiger partial charge on any atom is 0.199 e. The summed E-state index contributed by atoms with van der Waals surface area (Å²) in [6.45, 7) is 6.54. The van der Waals surface area contributed by atoms with Gasteiger partial charge in [0.15, 0.2) is 11.5 Å². The Morgan fingerprint density at radius 2 is 2.00 bits per heavy atom. The van der Waals surface area contributed by atoms with E-state index in [9.17, 15) is 0 Å². The van der Waals surface area contributed by atoms with Crippen molar-refractivity contribution >= 4 is 11.5 Å². The summed E-state index contributed by atoms with van der Waals surface area (Å²) in [5, 5.41) is 15.0. The van der Waals surface area contributed by atoms with E-state index in [1.165, 1.54) is 0 Å². The van der Waals surface area contributed by atoms with Crippen LogP contribution in [0.1, 0.15) is 0 Å². The van der Waals surface area contributed by atoms with Gasteiger partial charge in [0.2, 0.25) is 0 Å². The molecular formula is C11H16N8. The number of rotatable bonds is 2. The van der Waals surface area contributed by atoms with Crippen LogP contribution in [-0.4, -0.2) is 75.2 Å². The minimum atomic E-state index is 0.647. The fraction of sp³-hybridized carbons (Fsp3) is 0.636. The topological polar surface area (TPSA) is 74.5 Å². The number of fused-ring (bicyclic) bond motifs is 1. The summed E-state index contributed by atoms with van der Waals surface area (Å²) < 4.78 is 1.75. The SMILES string of the molecule is c1ncc2nnnn2c1N1CC(N2CCNCC2)C1. The summed E-state index contributed by atoms with van der Waals surface area (Å²) in [7, 11) is 0. The predicted molar refractivity (Wildman–Crippen MR) is 69.0 cm³/mol. The Bertz CT molecular complexity index is 569. The van der Waals surface area contributed by atoms with Gasteiger partial charge < -0.3 is 10.2 Å². The molecule has 0 amide bonds. The van der Waals surface area contributed by atoms with Crippen LogP contribution >= 0.6 is 0 Å². The average molecular weight is 260 g/mol. The van der Waals surface area contributed by atoms with Crippen LogP contribution in [0, 0.1) is 0 Å². The van der Waals surface area contributed by atoms with Crippen LogP contribution in [-0.2, 0) is 0 Å². The Morgan fingerprint density at radius 1 is 1.16 bits per heavy atom. The Balaban J connectivity index is 1.49. The molecule has 8 heteroatoms. The summed E-state index contributed by atoms with van der Waals surface area (Å²) in [6, 6.07) is 0.647. The first-order valence-electron chi connectivity index (χ1n) is 6.63. The Morgan fingerprint density at radius 3 is 2.84 bits per heavy atom. The molecule has 0 atom stereocenters. The molecule has 1 N–H and O–H groups in total. The number of tetrazole rings is 1. The second kappa shape index (κ2) is 4.39. The van der Waals surface area contributed by atoms with Crippen LogP contribution in [0.25, 0.3) is 5.65 Å². The molecule has 2 saturated heterocycles. The summed E-state index contributed by atoms with van der Waals surface area (Å²) in [5.74, 6) is 0.980. The summed E-state index contributed by atoms with van der Waals surface area (Å²) in [4.78, 5) is 9.03. The van der Waals surface area contributed by atoms with Gasteiger partial charge in [0.25, 0.3) is 0 Å². The Kier molecular flexibility index (Phi) is 2.56. The molecule has 2 fully saturated rings. The van der Waals surface area contributed by atoms with Gasteiger partial charge in [-0.25, -0.2) is 0 Å². The van der Waals surface area contributed by atoms with Crippen LogP contribution in [0.15, 0.2) is 12.4 Å². The molecule has 100 valence electrons. The van der Waals surface area contributed by atoms with E-state index < -0.39 is 0 Å². The molecule has 2 aromatic rings. The Hall–Kier alpha value is -1.80. The molecule has 0 aromatic carbocycles. The molecule has 19 heavy (non-hydrogen) atoms. The maximum atomic E-state index is 4.20. The number of nitrogens with one attached hydrogen (secondary N) is 1. The predicted octanol–water partition coefficient (Wildman–Crippen LogP) is -1.39. The number of hydrogen-bond acceptors (Lipinski definition) is 7. The highest BCUT2D eigenvalue weighted by atomic mass is 15.5. The molecule has 0 saturated carbocycles. The third-order valence-corrected chi connectivity index (χ3v) is 3.94. The van der Waals surface area contributed by atoms with Crippen molar-refractivity contribution in [1.29, 1.82) is 0 Å². The van der Waals surface area contributed by atoms with Gasteiger partial charge in [-0.05, 0) is 10.4 Å². The first-order valence-corrected chi connectivity index (χ1v) is 6.63. The van der Waals surface area contributed by atoms with Gasteiger partial charge >= 0.3 is 0 Å². The maximum absolute atomic E-state index is 4.20. The van der Waals surface area contributed by atoms with Crippen LogP contribution < -0.4 is 10.2 Å². The molecule has 2 aliphatic heterocycles. The third kappa shape index (κ3) is 1.83. The van der Waals surface area contributed by atoms with E-state index in [4.69, 9.17) is 0 Å². The van der Waals surface area contributed by atoms with E-state index in [0.717, 1.165) is 45.1 Å². The normalized spacial score (nSPS) is 21.8. The summed E-state index contributed by atoms with van der Waals surface area (Å²) in [6.07, 6.45) is 3.51. The van der Waals surface area contributed by atoms with Crippen molar-refractivity contribution in [2.24, 2.45) is 0 Å². The lowest BCUT2D eigenvalue weighted by molar-refractivity contribution is 0.146. The lowest BCUT2D eigenvalue weighted by atomic mass is 10.1. The summed E-state index contributed by atoms with van der Waals surface area (Å²) >= 11 is 0. The van der Waals surface area contributed by atoms with Gasteiger partial charge in [-0.2, -0.15) is 4.52 Å². The first-order chi connectivity index (χ1) is 9.42. The zero-order chi connectivity index (χ0) is 12.7. The first kappa shape index (κ1) is 11.1. The van der Waals surface area contributed by atoms with Crippen molar-refractivity contribution in [3.05, 3.63) is 12.4 Å². The van der Waals surface area contributed by atoms with Crippen molar-refractivity contribution in [2.45, 2.75) is 6.04 Å². The molecule has 0 radical (unpaired) electrons. The van der Waals surface area contributed by atoms with Crippen molar-refractivity contribution in [1.82, 2.24) is 35.2 Å². The molecule has 8 nitrogen and oxygen atoms in total. The fourth-order valence-corrected chi connectivity index (χ4v) is 2.80. The zero-order valence-corrected chi connectivity index (χ0v) is 10.6. The highest BCUT2D eigenvalue weighted by Crippen LogP contribution is 2.22. The zero-order valence-electron chi connectivity index (χ0n) is 10.6. The van der Waals surface area contributed by atoms with E-state index >= 15 is 0 Å². The molecule has 2 aliphatic rings. The second-order valence-electron chi connectivity index (χ2n) is 5.06. The van der Waals surface area contributed by atoms with Gasteiger partial charge in [0, 0.05) is 45.3 Å². The molecule has 4 heterocycles. The highest BCUT2D eigenvalue weighted by Gasteiger charge is 2.33. The van der Waals surface area contributed by atoms with E-state index in [2.05, 4.69) is 35.6 Å². The largest absolute Gasteiger partial charge is 0.352 e. The van der Waals surface area contributed by atoms with Crippen molar-refractivity contribution < 1.29 is 0 Å². The number of piperazine rings is 1. The molecule has 0 unspecified atom stereocenters. The number of hydrogen-bond donors (Lipinski definition) is 1. The minimum absolute atomic E-state index is 0.647. The van der Waals surface area contributed by atoms with Crippen LogP contribution in [0.5, 0.6) is 0 Å². The second-order valence-corrected chi connectivity index (χ2v) is 5.06. The minimum Gasteiger partial charge on any atom is -0.352 e. The standard InChI is InChI=1S/C11H16N8/c1-3-17(4-2-12-1)9-7-18(8-9)11-6-13-5-10-14-15-16-19(10)11/h5-6,9,12H,1-4,7-8H2. The average Bonchev–Trinajstić information content (AvgIpc) is 2.87. The van der Waals surface area contributed by atoms with Gasteiger partial charge in [-0.1, -0.05) is 0 Å².